The molecule has 1 aromatic heterocycles. The summed E-state index contributed by atoms with van der Waals surface area (Å²) in [6, 6.07) is 12.6. The van der Waals surface area contributed by atoms with Crippen molar-refractivity contribution in [2.24, 2.45) is 0 Å². The molecular weight excluding hydrogens is 262 g/mol. The average Bonchev–Trinajstić information content (AvgIpc) is 3.02. The Morgan fingerprint density at radius 3 is 3.10 bits per heavy atom. The lowest BCUT2D eigenvalue weighted by molar-refractivity contribution is 0.0253. The first-order chi connectivity index (χ1) is 10.4. The monoisotopic (exact) mass is 279 g/mol. The molecule has 0 radical (unpaired) electrons. The summed E-state index contributed by atoms with van der Waals surface area (Å²) in [5.74, 6) is 0.830. The van der Waals surface area contributed by atoms with Crippen molar-refractivity contribution in [1.82, 2.24) is 4.98 Å². The van der Waals surface area contributed by atoms with Gasteiger partial charge in [-0.1, -0.05) is 18.2 Å². The van der Waals surface area contributed by atoms with E-state index in [9.17, 15) is 5.26 Å². The van der Waals surface area contributed by atoms with Crippen molar-refractivity contribution in [1.29, 1.82) is 5.26 Å². The highest BCUT2D eigenvalue weighted by atomic mass is 16.5. The van der Waals surface area contributed by atoms with Crippen LogP contribution in [0.15, 0.2) is 30.3 Å². The number of morpholine rings is 1. The summed E-state index contributed by atoms with van der Waals surface area (Å²) in [5, 5.41) is 10.5. The molecule has 1 saturated heterocycles. The van der Waals surface area contributed by atoms with Gasteiger partial charge in [0, 0.05) is 11.9 Å². The second-order valence-electron chi connectivity index (χ2n) is 5.76. The molecule has 4 nitrogen and oxygen atoms in total. The number of para-hydroxylation sites is 1. The van der Waals surface area contributed by atoms with Crippen molar-refractivity contribution >= 4 is 16.7 Å². The molecule has 2 heterocycles. The van der Waals surface area contributed by atoms with Gasteiger partial charge in [-0.15, -0.1) is 0 Å². The van der Waals surface area contributed by atoms with Crippen molar-refractivity contribution in [2.75, 3.05) is 18.1 Å². The third kappa shape index (κ3) is 2.05. The normalized spacial score (nSPS) is 24.8. The van der Waals surface area contributed by atoms with Crippen LogP contribution in [0.5, 0.6) is 0 Å². The summed E-state index contributed by atoms with van der Waals surface area (Å²) in [4.78, 5) is 7.08. The van der Waals surface area contributed by atoms with E-state index in [1.807, 2.05) is 30.3 Å². The molecule has 1 aliphatic carbocycles. The topological polar surface area (TPSA) is 49.2 Å². The molecule has 106 valence electrons. The van der Waals surface area contributed by atoms with E-state index in [0.717, 1.165) is 42.7 Å². The quantitative estimate of drug-likeness (QED) is 0.805. The second-order valence-corrected chi connectivity index (χ2v) is 5.76. The highest BCUT2D eigenvalue weighted by molar-refractivity contribution is 5.83. The fourth-order valence-electron chi connectivity index (χ4n) is 3.60. The van der Waals surface area contributed by atoms with Crippen molar-refractivity contribution < 1.29 is 4.74 Å². The van der Waals surface area contributed by atoms with Crippen LogP contribution in [0.2, 0.25) is 0 Å². The number of anilines is 1. The van der Waals surface area contributed by atoms with Crippen molar-refractivity contribution in [2.45, 2.75) is 31.4 Å². The number of hydrogen-bond donors (Lipinski definition) is 0. The van der Waals surface area contributed by atoms with E-state index in [2.05, 4.69) is 11.0 Å². The summed E-state index contributed by atoms with van der Waals surface area (Å²) in [6.07, 6.45) is 3.75. The number of hydrogen-bond acceptors (Lipinski definition) is 4. The molecule has 1 aromatic carbocycles. The third-order valence-electron chi connectivity index (χ3n) is 4.58. The lowest BCUT2D eigenvalue weighted by atomic mass is 10.1. The van der Waals surface area contributed by atoms with Crippen molar-refractivity contribution in [3.05, 3.63) is 35.9 Å². The van der Waals surface area contributed by atoms with E-state index in [1.165, 1.54) is 6.42 Å². The Morgan fingerprint density at radius 2 is 2.19 bits per heavy atom. The number of rotatable bonds is 1. The molecule has 0 N–H and O–H groups in total. The van der Waals surface area contributed by atoms with Crippen LogP contribution in [0.25, 0.3) is 10.9 Å². The molecule has 2 unspecified atom stereocenters. The molecule has 0 bridgehead atoms. The van der Waals surface area contributed by atoms with Gasteiger partial charge in [-0.05, 0) is 31.4 Å². The molecule has 4 rings (SSSR count). The molecule has 2 fully saturated rings. The summed E-state index contributed by atoms with van der Waals surface area (Å²) in [6.45, 7) is 1.54. The molecule has 21 heavy (non-hydrogen) atoms. The predicted octanol–water partition coefficient (Wildman–Crippen LogP) is 2.86. The molecule has 2 aromatic rings. The minimum absolute atomic E-state index is 0.304. The van der Waals surface area contributed by atoms with Crippen LogP contribution in [-0.4, -0.2) is 30.3 Å². The minimum Gasteiger partial charge on any atom is -0.374 e. The van der Waals surface area contributed by atoms with Crippen molar-refractivity contribution in [3.63, 3.8) is 0 Å². The first-order valence-electron chi connectivity index (χ1n) is 7.55. The lowest BCUT2D eigenvalue weighted by Crippen LogP contribution is -2.49. The minimum atomic E-state index is 0.304. The second kappa shape index (κ2) is 5.01. The zero-order valence-electron chi connectivity index (χ0n) is 11.8. The summed E-state index contributed by atoms with van der Waals surface area (Å²) in [7, 11) is 0. The Bertz CT molecular complexity index is 722. The number of pyridine rings is 1. The highest BCUT2D eigenvalue weighted by Gasteiger charge is 2.37. The summed E-state index contributed by atoms with van der Waals surface area (Å²) in [5.41, 5.74) is 1.62. The molecule has 2 aliphatic rings. The van der Waals surface area contributed by atoms with Gasteiger partial charge in [0.15, 0.2) is 0 Å². The van der Waals surface area contributed by atoms with Crippen LogP contribution >= 0.6 is 0 Å². The van der Waals surface area contributed by atoms with E-state index in [-0.39, 0.29) is 0 Å². The van der Waals surface area contributed by atoms with Gasteiger partial charge in [0.25, 0.3) is 0 Å². The maximum absolute atomic E-state index is 9.50. The van der Waals surface area contributed by atoms with Crippen LogP contribution < -0.4 is 4.90 Å². The standard InChI is InChI=1S/C17H17N3O/c18-11-13-10-12-4-1-2-5-14(12)19-17(13)20-8-9-21-16-7-3-6-15(16)20/h1-2,4-5,10,15-16H,3,6-9H2. The molecule has 4 heteroatoms. The largest absolute Gasteiger partial charge is 0.374 e. The Labute approximate surface area is 124 Å². The first-order valence-corrected chi connectivity index (χ1v) is 7.55. The maximum atomic E-state index is 9.50. The fourth-order valence-corrected chi connectivity index (χ4v) is 3.60. The fraction of sp³-hybridized carbons (Fsp3) is 0.412. The smallest absolute Gasteiger partial charge is 0.147 e. The van der Waals surface area contributed by atoms with Crippen molar-refractivity contribution in [3.8, 4) is 6.07 Å². The molecule has 1 saturated carbocycles. The van der Waals surface area contributed by atoms with E-state index < -0.39 is 0 Å². The predicted molar refractivity (Wildman–Crippen MR) is 81.2 cm³/mol. The summed E-state index contributed by atoms with van der Waals surface area (Å²) < 4.78 is 5.86. The van der Waals surface area contributed by atoms with Crippen LogP contribution in [-0.2, 0) is 4.74 Å². The molecule has 1 aliphatic heterocycles. The van der Waals surface area contributed by atoms with Gasteiger partial charge in [-0.25, -0.2) is 4.98 Å². The van der Waals surface area contributed by atoms with E-state index in [1.54, 1.807) is 0 Å². The molecule has 2 atom stereocenters. The van der Waals surface area contributed by atoms with Crippen LogP contribution in [0.1, 0.15) is 24.8 Å². The van der Waals surface area contributed by atoms with Crippen LogP contribution in [0.3, 0.4) is 0 Å². The maximum Gasteiger partial charge on any atom is 0.147 e. The van der Waals surface area contributed by atoms with E-state index in [0.29, 0.717) is 17.7 Å². The van der Waals surface area contributed by atoms with E-state index >= 15 is 0 Å². The number of ether oxygens (including phenoxy) is 1. The third-order valence-corrected chi connectivity index (χ3v) is 4.58. The van der Waals surface area contributed by atoms with Gasteiger partial charge in [-0.2, -0.15) is 5.26 Å². The van der Waals surface area contributed by atoms with E-state index in [4.69, 9.17) is 9.72 Å². The van der Waals surface area contributed by atoms with Gasteiger partial charge in [0.1, 0.15) is 11.9 Å². The molecule has 0 amide bonds. The van der Waals surface area contributed by atoms with Gasteiger partial charge in [-0.3, -0.25) is 0 Å². The number of aromatic nitrogens is 1. The number of nitrogens with zero attached hydrogens (tertiary/aromatic N) is 3. The average molecular weight is 279 g/mol. The Balaban J connectivity index is 1.83. The number of fused-ring (bicyclic) bond motifs is 2. The van der Waals surface area contributed by atoms with Crippen LogP contribution in [0, 0.1) is 11.3 Å². The van der Waals surface area contributed by atoms with Gasteiger partial charge in [0.2, 0.25) is 0 Å². The lowest BCUT2D eigenvalue weighted by Gasteiger charge is -2.38. The summed E-state index contributed by atoms with van der Waals surface area (Å²) >= 11 is 0. The zero-order valence-corrected chi connectivity index (χ0v) is 11.8. The van der Waals surface area contributed by atoms with Gasteiger partial charge >= 0.3 is 0 Å². The van der Waals surface area contributed by atoms with Gasteiger partial charge < -0.3 is 9.64 Å². The Hall–Kier alpha value is -2.12. The molecular formula is C17H17N3O. The zero-order chi connectivity index (χ0) is 14.2. The van der Waals surface area contributed by atoms with Gasteiger partial charge in [0.05, 0.1) is 29.8 Å². The number of benzene rings is 1. The highest BCUT2D eigenvalue weighted by Crippen LogP contribution is 2.34. The Kier molecular flexibility index (Phi) is 3.01. The van der Waals surface area contributed by atoms with Crippen LogP contribution in [0.4, 0.5) is 5.82 Å². The first kappa shape index (κ1) is 12.6. The SMILES string of the molecule is N#Cc1cc2ccccc2nc1N1CCOC2CCCC21. The Morgan fingerprint density at radius 1 is 1.29 bits per heavy atom. The number of nitriles is 1. The molecule has 0 spiro atoms.